The number of H-pyrrole nitrogens is 1. The van der Waals surface area contributed by atoms with Gasteiger partial charge in [-0.15, -0.1) is 0 Å². The zero-order chi connectivity index (χ0) is 17.1. The number of halogens is 1. The average molecular weight is 346 g/mol. The van der Waals surface area contributed by atoms with Gasteiger partial charge in [-0.25, -0.2) is 4.98 Å². The molecule has 0 radical (unpaired) electrons. The minimum Gasteiger partial charge on any atom is -0.493 e. The highest BCUT2D eigenvalue weighted by molar-refractivity contribution is 6.32. The number of aromatic amines is 1. The molecule has 124 valence electrons. The number of aromatic nitrogens is 2. The molecule has 0 bridgehead atoms. The van der Waals surface area contributed by atoms with E-state index in [4.69, 9.17) is 21.1 Å². The molecule has 24 heavy (non-hydrogen) atoms. The number of nitrogens with zero attached hydrogens (tertiary/aromatic N) is 1. The third-order valence-corrected chi connectivity index (χ3v) is 3.68. The summed E-state index contributed by atoms with van der Waals surface area (Å²) in [4.78, 5) is 19.8. The van der Waals surface area contributed by atoms with Gasteiger partial charge in [-0.1, -0.05) is 23.7 Å². The molecular formula is C17H16ClN3O3. The number of nitrogens with one attached hydrogen (secondary N) is 2. The van der Waals surface area contributed by atoms with Crippen molar-refractivity contribution in [2.75, 3.05) is 19.0 Å². The van der Waals surface area contributed by atoms with Gasteiger partial charge in [-0.2, -0.15) is 0 Å². The van der Waals surface area contributed by atoms with E-state index in [0.717, 1.165) is 11.0 Å². The molecule has 0 aliphatic carbocycles. The van der Waals surface area contributed by atoms with Crippen LogP contribution >= 0.6 is 11.6 Å². The lowest BCUT2D eigenvalue weighted by molar-refractivity contribution is 0.102. The lowest BCUT2D eigenvalue weighted by Gasteiger charge is -2.12. The highest BCUT2D eigenvalue weighted by Gasteiger charge is 2.16. The monoisotopic (exact) mass is 345 g/mol. The molecule has 1 amide bonds. The first-order valence-corrected chi connectivity index (χ1v) is 7.76. The van der Waals surface area contributed by atoms with Crippen LogP contribution in [0.1, 0.15) is 17.3 Å². The zero-order valence-electron chi connectivity index (χ0n) is 13.2. The van der Waals surface area contributed by atoms with Gasteiger partial charge in [-0.05, 0) is 31.2 Å². The average Bonchev–Trinajstić information content (AvgIpc) is 2.98. The van der Waals surface area contributed by atoms with E-state index < -0.39 is 0 Å². The topological polar surface area (TPSA) is 76.2 Å². The fourth-order valence-corrected chi connectivity index (χ4v) is 2.59. The van der Waals surface area contributed by atoms with Gasteiger partial charge >= 0.3 is 0 Å². The Labute approximate surface area is 143 Å². The van der Waals surface area contributed by atoms with Crippen LogP contribution in [-0.2, 0) is 0 Å². The summed E-state index contributed by atoms with van der Waals surface area (Å²) in [6.07, 6.45) is 0. The summed E-state index contributed by atoms with van der Waals surface area (Å²) in [5.74, 6) is 0.837. The summed E-state index contributed by atoms with van der Waals surface area (Å²) in [5.41, 5.74) is 1.96. The van der Waals surface area contributed by atoms with Crippen LogP contribution in [0.25, 0.3) is 11.0 Å². The molecule has 2 aromatic carbocycles. The van der Waals surface area contributed by atoms with Crippen molar-refractivity contribution in [3.63, 3.8) is 0 Å². The Morgan fingerprint density at radius 2 is 2.12 bits per heavy atom. The Hall–Kier alpha value is -2.73. The maximum atomic E-state index is 12.5. The maximum absolute atomic E-state index is 12.5. The van der Waals surface area contributed by atoms with Crippen molar-refractivity contribution < 1.29 is 14.3 Å². The minimum absolute atomic E-state index is 0.311. The summed E-state index contributed by atoms with van der Waals surface area (Å²) < 4.78 is 10.7. The van der Waals surface area contributed by atoms with Crippen molar-refractivity contribution in [2.45, 2.75) is 6.92 Å². The second-order valence-corrected chi connectivity index (χ2v) is 5.39. The Morgan fingerprint density at radius 3 is 2.83 bits per heavy atom. The van der Waals surface area contributed by atoms with E-state index in [9.17, 15) is 4.79 Å². The number of imidazole rings is 1. The molecule has 0 spiro atoms. The van der Waals surface area contributed by atoms with Crippen LogP contribution < -0.4 is 14.8 Å². The number of amides is 1. The van der Waals surface area contributed by atoms with Crippen molar-refractivity contribution in [1.29, 1.82) is 0 Å². The van der Waals surface area contributed by atoms with E-state index in [1.807, 2.05) is 31.2 Å². The van der Waals surface area contributed by atoms with Crippen LogP contribution in [0, 0.1) is 0 Å². The second kappa shape index (κ2) is 6.80. The van der Waals surface area contributed by atoms with Crippen molar-refractivity contribution in [3.05, 3.63) is 47.0 Å². The Bertz CT molecular complexity index is 859. The summed E-state index contributed by atoms with van der Waals surface area (Å²) in [6.45, 7) is 2.29. The maximum Gasteiger partial charge on any atom is 0.258 e. The summed E-state index contributed by atoms with van der Waals surface area (Å²) in [5, 5.41) is 3.03. The Kier molecular flexibility index (Phi) is 4.57. The molecule has 6 nitrogen and oxygen atoms in total. The number of carbonyl (C=O) groups is 1. The lowest BCUT2D eigenvalue weighted by Crippen LogP contribution is -2.13. The molecule has 0 saturated carbocycles. The first-order chi connectivity index (χ1) is 11.6. The molecule has 7 heteroatoms. The number of benzene rings is 2. The van der Waals surface area contributed by atoms with Crippen LogP contribution in [-0.4, -0.2) is 29.6 Å². The van der Waals surface area contributed by atoms with Gasteiger partial charge in [0.2, 0.25) is 5.95 Å². The fourth-order valence-electron chi connectivity index (χ4n) is 2.33. The molecule has 3 rings (SSSR count). The van der Waals surface area contributed by atoms with Crippen molar-refractivity contribution >= 4 is 34.5 Å². The SMILES string of the molecule is CCOc1c(Cl)cc(C(=O)Nc2nc3ccccc3[nH]2)cc1OC. The molecule has 0 fully saturated rings. The largest absolute Gasteiger partial charge is 0.493 e. The molecule has 1 heterocycles. The van der Waals surface area contributed by atoms with E-state index >= 15 is 0 Å². The number of fused-ring (bicyclic) bond motifs is 1. The molecule has 0 atom stereocenters. The van der Waals surface area contributed by atoms with Gasteiger partial charge in [0.05, 0.1) is 29.8 Å². The molecule has 1 aromatic heterocycles. The summed E-state index contributed by atoms with van der Waals surface area (Å²) in [6, 6.07) is 10.6. The van der Waals surface area contributed by atoms with Crippen molar-refractivity contribution in [1.82, 2.24) is 9.97 Å². The number of rotatable bonds is 5. The lowest BCUT2D eigenvalue weighted by atomic mass is 10.2. The van der Waals surface area contributed by atoms with Gasteiger partial charge in [0.15, 0.2) is 11.5 Å². The molecule has 0 aliphatic heterocycles. The van der Waals surface area contributed by atoms with Gasteiger partial charge in [0.1, 0.15) is 0 Å². The van der Waals surface area contributed by atoms with E-state index in [1.165, 1.54) is 13.2 Å². The fraction of sp³-hybridized carbons (Fsp3) is 0.176. The number of hydrogen-bond acceptors (Lipinski definition) is 4. The zero-order valence-corrected chi connectivity index (χ0v) is 14.0. The second-order valence-electron chi connectivity index (χ2n) is 4.98. The van der Waals surface area contributed by atoms with Gasteiger partial charge in [0, 0.05) is 5.56 Å². The number of carbonyl (C=O) groups excluding carboxylic acids is 1. The van der Waals surface area contributed by atoms with E-state index in [2.05, 4.69) is 15.3 Å². The normalized spacial score (nSPS) is 10.6. The van der Waals surface area contributed by atoms with Gasteiger partial charge in [-0.3, -0.25) is 10.1 Å². The highest BCUT2D eigenvalue weighted by Crippen LogP contribution is 2.36. The van der Waals surface area contributed by atoms with E-state index in [1.54, 1.807) is 6.07 Å². The van der Waals surface area contributed by atoms with Crippen molar-refractivity contribution in [2.24, 2.45) is 0 Å². The standard InChI is InChI=1S/C17H16ClN3O3/c1-3-24-15-11(18)8-10(9-14(15)23-2)16(22)21-17-19-12-6-4-5-7-13(12)20-17/h4-9H,3H2,1-2H3,(H2,19,20,21,22). The predicted molar refractivity (Wildman–Crippen MR) is 93.2 cm³/mol. The summed E-state index contributed by atoms with van der Waals surface area (Å²) in [7, 11) is 1.50. The Balaban J connectivity index is 1.87. The smallest absolute Gasteiger partial charge is 0.258 e. The van der Waals surface area contributed by atoms with Crippen molar-refractivity contribution in [3.8, 4) is 11.5 Å². The number of anilines is 1. The van der Waals surface area contributed by atoms with Crippen LogP contribution in [0.2, 0.25) is 5.02 Å². The first kappa shape index (κ1) is 16.1. The molecular weight excluding hydrogens is 330 g/mol. The molecule has 0 saturated heterocycles. The highest BCUT2D eigenvalue weighted by atomic mass is 35.5. The van der Waals surface area contributed by atoms with E-state index in [0.29, 0.717) is 34.6 Å². The number of ether oxygens (including phenoxy) is 2. The third-order valence-electron chi connectivity index (χ3n) is 3.40. The van der Waals surface area contributed by atoms with Crippen LogP contribution in [0.5, 0.6) is 11.5 Å². The molecule has 2 N–H and O–H groups in total. The minimum atomic E-state index is -0.350. The third kappa shape index (κ3) is 3.14. The van der Waals surface area contributed by atoms with Gasteiger partial charge < -0.3 is 14.5 Å². The molecule has 3 aromatic rings. The molecule has 0 unspecified atom stereocenters. The Morgan fingerprint density at radius 1 is 1.33 bits per heavy atom. The number of hydrogen-bond donors (Lipinski definition) is 2. The van der Waals surface area contributed by atoms with Crippen LogP contribution in [0.15, 0.2) is 36.4 Å². The summed E-state index contributed by atoms with van der Waals surface area (Å²) >= 11 is 6.19. The first-order valence-electron chi connectivity index (χ1n) is 7.38. The number of methoxy groups -OCH3 is 1. The van der Waals surface area contributed by atoms with E-state index in [-0.39, 0.29) is 5.91 Å². The molecule has 0 aliphatic rings. The van der Waals surface area contributed by atoms with Crippen LogP contribution in [0.4, 0.5) is 5.95 Å². The quantitative estimate of drug-likeness (QED) is 0.735. The predicted octanol–water partition coefficient (Wildman–Crippen LogP) is 3.88. The van der Waals surface area contributed by atoms with Crippen LogP contribution in [0.3, 0.4) is 0 Å². The van der Waals surface area contributed by atoms with Gasteiger partial charge in [0.25, 0.3) is 5.91 Å². The number of para-hydroxylation sites is 2.